The number of ether oxygens (including phenoxy) is 1. The second-order valence-electron chi connectivity index (χ2n) is 8.67. The Morgan fingerprint density at radius 2 is 1.95 bits per heavy atom. The number of hydrogen-bond donors (Lipinski definition) is 2. The zero-order valence-electron chi connectivity index (χ0n) is 19.9. The number of aryl methyl sites for hydroxylation is 1. The molecule has 37 heavy (non-hydrogen) atoms. The highest BCUT2D eigenvalue weighted by Crippen LogP contribution is 2.25. The molecule has 0 amide bonds. The standard InChI is InChI=1S/C26H24N8O3/c27-13-17-3-1-4-18(11-17)22-12-23(31-26(30-22)29-21-9-10-37-16-21)24-15-34(33-32-24)14-20-6-2-5-19(28-20)7-8-25(35)36/h1-6,11-12,15,21H,7-10,14,16H2,(H,35,36)(H,29,30,31). The zero-order valence-corrected chi connectivity index (χ0v) is 19.9. The largest absolute Gasteiger partial charge is 0.481 e. The molecule has 0 bridgehead atoms. The van der Waals surface area contributed by atoms with E-state index < -0.39 is 5.97 Å². The van der Waals surface area contributed by atoms with Crippen LogP contribution in [0, 0.1) is 11.3 Å². The van der Waals surface area contributed by atoms with Crippen LogP contribution in [0.5, 0.6) is 0 Å². The van der Waals surface area contributed by atoms with E-state index in [9.17, 15) is 10.1 Å². The van der Waals surface area contributed by atoms with Crippen molar-refractivity contribution in [3.8, 4) is 28.7 Å². The summed E-state index contributed by atoms with van der Waals surface area (Å²) in [5, 5.41) is 30.1. The summed E-state index contributed by atoms with van der Waals surface area (Å²) in [5.74, 6) is -0.404. The minimum atomic E-state index is -0.856. The molecule has 4 heterocycles. The first-order valence-corrected chi connectivity index (χ1v) is 11.9. The number of carbonyl (C=O) groups is 1. The molecule has 1 aliphatic rings. The van der Waals surface area contributed by atoms with Crippen molar-refractivity contribution in [1.82, 2.24) is 29.9 Å². The number of aliphatic carboxylic acids is 1. The number of pyridine rings is 1. The molecule has 1 atom stereocenters. The van der Waals surface area contributed by atoms with Gasteiger partial charge in [-0.25, -0.2) is 14.6 Å². The molecule has 186 valence electrons. The molecule has 1 aliphatic heterocycles. The molecule has 11 heteroatoms. The molecule has 1 unspecified atom stereocenters. The molecule has 3 aromatic heterocycles. The quantitative estimate of drug-likeness (QED) is 0.354. The van der Waals surface area contributed by atoms with Crippen LogP contribution in [-0.4, -0.2) is 60.3 Å². The van der Waals surface area contributed by atoms with Gasteiger partial charge in [-0.05, 0) is 36.8 Å². The fraction of sp³-hybridized carbons (Fsp3) is 0.269. The fourth-order valence-corrected chi connectivity index (χ4v) is 4.02. The van der Waals surface area contributed by atoms with Gasteiger partial charge in [0.25, 0.3) is 0 Å². The Hall–Kier alpha value is -4.69. The Morgan fingerprint density at radius 3 is 2.76 bits per heavy atom. The molecule has 2 N–H and O–H groups in total. The van der Waals surface area contributed by atoms with E-state index in [2.05, 4.69) is 36.7 Å². The number of nitriles is 1. The van der Waals surface area contributed by atoms with Crippen LogP contribution in [0.4, 0.5) is 5.95 Å². The lowest BCUT2D eigenvalue weighted by molar-refractivity contribution is -0.136. The van der Waals surface area contributed by atoms with Crippen LogP contribution in [0.3, 0.4) is 0 Å². The first kappa shape index (κ1) is 24.0. The van der Waals surface area contributed by atoms with Crippen molar-refractivity contribution in [2.24, 2.45) is 0 Å². The topological polar surface area (TPSA) is 152 Å². The number of rotatable bonds is 9. The molecule has 11 nitrogen and oxygen atoms in total. The molecule has 0 radical (unpaired) electrons. The lowest BCUT2D eigenvalue weighted by Gasteiger charge is -2.13. The van der Waals surface area contributed by atoms with E-state index in [1.54, 1.807) is 23.0 Å². The number of anilines is 1. The molecule has 0 spiro atoms. The predicted molar refractivity (Wildman–Crippen MR) is 133 cm³/mol. The van der Waals surface area contributed by atoms with Gasteiger partial charge >= 0.3 is 5.97 Å². The maximum absolute atomic E-state index is 10.9. The van der Waals surface area contributed by atoms with Gasteiger partial charge in [-0.3, -0.25) is 9.78 Å². The minimum Gasteiger partial charge on any atom is -0.481 e. The minimum absolute atomic E-state index is 0.0284. The molecule has 0 aliphatic carbocycles. The summed E-state index contributed by atoms with van der Waals surface area (Å²) in [6, 6.07) is 16.9. The molecule has 1 saturated heterocycles. The van der Waals surface area contributed by atoms with Crippen molar-refractivity contribution in [2.75, 3.05) is 18.5 Å². The third-order valence-corrected chi connectivity index (χ3v) is 5.86. The molecule has 0 saturated carbocycles. The Morgan fingerprint density at radius 1 is 1.11 bits per heavy atom. The highest BCUT2D eigenvalue weighted by atomic mass is 16.5. The van der Waals surface area contributed by atoms with Gasteiger partial charge in [-0.2, -0.15) is 5.26 Å². The summed E-state index contributed by atoms with van der Waals surface area (Å²) >= 11 is 0. The maximum Gasteiger partial charge on any atom is 0.303 e. The lowest BCUT2D eigenvalue weighted by atomic mass is 10.1. The SMILES string of the molecule is N#Cc1cccc(-c2cc(-c3cn(Cc4cccc(CCC(=O)O)n4)nn3)nc(NC3CCOC3)n2)c1. The molecule has 1 fully saturated rings. The summed E-state index contributed by atoms with van der Waals surface area (Å²) in [6.07, 6.45) is 3.04. The van der Waals surface area contributed by atoms with Gasteiger partial charge in [0.05, 0.1) is 60.5 Å². The van der Waals surface area contributed by atoms with Crippen molar-refractivity contribution in [3.05, 3.63) is 71.7 Å². The highest BCUT2D eigenvalue weighted by Gasteiger charge is 2.18. The average molecular weight is 497 g/mol. The molecule has 5 rings (SSSR count). The van der Waals surface area contributed by atoms with Gasteiger partial charge in [0.2, 0.25) is 5.95 Å². The summed E-state index contributed by atoms with van der Waals surface area (Å²) < 4.78 is 7.13. The van der Waals surface area contributed by atoms with Gasteiger partial charge in [-0.15, -0.1) is 5.10 Å². The van der Waals surface area contributed by atoms with Crippen molar-refractivity contribution in [3.63, 3.8) is 0 Å². The van der Waals surface area contributed by atoms with Gasteiger partial charge < -0.3 is 15.2 Å². The second-order valence-corrected chi connectivity index (χ2v) is 8.67. The Kier molecular flexibility index (Phi) is 7.09. The van der Waals surface area contributed by atoms with E-state index in [1.165, 1.54) is 0 Å². The summed E-state index contributed by atoms with van der Waals surface area (Å²) in [6.45, 7) is 1.65. The first-order chi connectivity index (χ1) is 18.1. The third kappa shape index (κ3) is 6.12. The van der Waals surface area contributed by atoms with Crippen LogP contribution >= 0.6 is 0 Å². The number of carboxylic acids is 1. The van der Waals surface area contributed by atoms with Crippen LogP contribution in [0.1, 0.15) is 29.8 Å². The number of nitrogens with zero attached hydrogens (tertiary/aromatic N) is 7. The maximum atomic E-state index is 10.9. The van der Waals surface area contributed by atoms with Crippen LogP contribution < -0.4 is 5.32 Å². The van der Waals surface area contributed by atoms with Crippen molar-refractivity contribution in [1.29, 1.82) is 5.26 Å². The van der Waals surface area contributed by atoms with Crippen molar-refractivity contribution >= 4 is 11.9 Å². The number of benzene rings is 1. The van der Waals surface area contributed by atoms with Crippen molar-refractivity contribution in [2.45, 2.75) is 31.8 Å². The molecule has 1 aromatic carbocycles. The molecular formula is C26H24N8O3. The third-order valence-electron chi connectivity index (χ3n) is 5.86. The fourth-order valence-electron chi connectivity index (χ4n) is 4.02. The highest BCUT2D eigenvalue weighted by molar-refractivity contribution is 5.68. The normalized spacial score (nSPS) is 14.8. The Balaban J connectivity index is 1.42. The van der Waals surface area contributed by atoms with E-state index in [1.807, 2.05) is 36.4 Å². The smallest absolute Gasteiger partial charge is 0.303 e. The van der Waals surface area contributed by atoms with E-state index in [0.717, 1.165) is 17.7 Å². The number of nitrogens with one attached hydrogen (secondary N) is 1. The van der Waals surface area contributed by atoms with Crippen molar-refractivity contribution < 1.29 is 14.6 Å². The van der Waals surface area contributed by atoms with E-state index in [4.69, 9.17) is 9.84 Å². The monoisotopic (exact) mass is 496 g/mol. The summed E-state index contributed by atoms with van der Waals surface area (Å²) in [5.41, 5.74) is 4.61. The van der Waals surface area contributed by atoms with Gasteiger partial charge in [0.1, 0.15) is 5.69 Å². The zero-order chi connectivity index (χ0) is 25.6. The number of carboxylic acid groups (broad SMARTS) is 1. The molecular weight excluding hydrogens is 472 g/mol. The van der Waals surface area contributed by atoms with Crippen LogP contribution in [-0.2, 0) is 22.5 Å². The lowest BCUT2D eigenvalue weighted by Crippen LogP contribution is -2.20. The van der Waals surface area contributed by atoms with Crippen LogP contribution in [0.25, 0.3) is 22.6 Å². The van der Waals surface area contributed by atoms with Crippen LogP contribution in [0.2, 0.25) is 0 Å². The van der Waals surface area contributed by atoms with E-state index in [-0.39, 0.29) is 12.5 Å². The Labute approximate surface area is 212 Å². The average Bonchev–Trinajstić information content (AvgIpc) is 3.60. The van der Waals surface area contributed by atoms with E-state index >= 15 is 0 Å². The summed E-state index contributed by atoms with van der Waals surface area (Å²) in [7, 11) is 0. The van der Waals surface area contributed by atoms with E-state index in [0.29, 0.717) is 60.5 Å². The number of aromatic nitrogens is 6. The van der Waals surface area contributed by atoms with Gasteiger partial charge in [0, 0.05) is 24.3 Å². The first-order valence-electron chi connectivity index (χ1n) is 11.9. The predicted octanol–water partition coefficient (Wildman–Crippen LogP) is 2.94. The summed E-state index contributed by atoms with van der Waals surface area (Å²) in [4.78, 5) is 24.8. The Bertz CT molecular complexity index is 1460. The number of hydrogen-bond acceptors (Lipinski definition) is 9. The second kappa shape index (κ2) is 10.9. The molecule has 4 aromatic rings. The van der Waals surface area contributed by atoms with Gasteiger partial charge in [0.15, 0.2) is 0 Å². The van der Waals surface area contributed by atoms with Crippen LogP contribution in [0.15, 0.2) is 54.7 Å². The van der Waals surface area contributed by atoms with Gasteiger partial charge in [-0.1, -0.05) is 23.4 Å².